The van der Waals surface area contributed by atoms with Gasteiger partial charge in [0.05, 0.1) is 25.9 Å². The van der Waals surface area contributed by atoms with Gasteiger partial charge in [0, 0.05) is 25.8 Å². The van der Waals surface area contributed by atoms with Gasteiger partial charge >= 0.3 is 31.7 Å². The van der Waals surface area contributed by atoms with Crippen molar-refractivity contribution in [3.63, 3.8) is 0 Å². The van der Waals surface area contributed by atoms with Gasteiger partial charge in [0.1, 0.15) is 42.0 Å². The molecule has 2 amide bonds. The highest BCUT2D eigenvalue weighted by Crippen LogP contribution is 2.54. The minimum Gasteiger partial charge on any atom is -0.462 e. The summed E-state index contributed by atoms with van der Waals surface area (Å²) in [5.74, 6) is -4.10. The van der Waals surface area contributed by atoms with E-state index in [2.05, 4.69) is 41.5 Å². The number of imide groups is 1. The summed E-state index contributed by atoms with van der Waals surface area (Å²) in [7, 11) is -5.19. The van der Waals surface area contributed by atoms with Crippen molar-refractivity contribution in [2.45, 2.75) is 546 Å². The van der Waals surface area contributed by atoms with Gasteiger partial charge in [-0.05, 0) is 108 Å². The standard InChI is InChI=1S/C107H187N2O17P/c1-7-13-19-25-31-37-40-46-52-58-70-82-100(113)119-94(79-63-55-49-43-34-28-22-16-10-4)87-98(111)109(99(112)88-95(80-64-56-50-44-35-29-23-17-11-5)120-101(114)83-71-59-53-47-41-38-32-26-20-14-8-2)107(91-108-85-73-74-86-108)105(104(97(90-110)122-106(107)117)126-127(118,124-92-75-66-61-67-76-92)125-93-77-68-62-69-78-93)123-103(116)89-96(81-65-57-51-45-36-30-24-18-12-6)121-102(115)84-72-60-54-48-42-39-33-27-21-15-9-3/h61-62,66-69,75-78,94-97,104-106,110,117H,7-60,63-65,70-74,79-91H2,1-6H3/t94-,95-,96-,97-,104-,105+,106-,107-/m1/s1. The molecule has 2 N–H and O–H groups in total. The molecular weight excluding hydrogens is 1620 g/mol. The average Bonchev–Trinajstić information content (AvgIpc) is 1.24. The molecule has 0 aliphatic carbocycles. The highest BCUT2D eigenvalue weighted by molar-refractivity contribution is 7.49. The van der Waals surface area contributed by atoms with Gasteiger partial charge in [-0.15, -0.1) is 0 Å². The van der Waals surface area contributed by atoms with Gasteiger partial charge in [-0.2, -0.15) is 0 Å². The number of likely N-dealkylation sites (tertiary alicyclic amines) is 1. The Hall–Kier alpha value is -4.91. The summed E-state index contributed by atoms with van der Waals surface area (Å²) >= 11 is 0. The van der Waals surface area contributed by atoms with E-state index in [0.29, 0.717) is 70.9 Å². The Bertz CT molecular complexity index is 2920. The monoisotopic (exact) mass is 1800 g/mol. The van der Waals surface area contributed by atoms with Crippen LogP contribution in [0.3, 0.4) is 0 Å². The minimum absolute atomic E-state index is 0.0457. The molecule has 2 aromatic rings. The van der Waals surface area contributed by atoms with Crippen molar-refractivity contribution in [1.29, 1.82) is 0 Å². The van der Waals surface area contributed by atoms with Crippen molar-refractivity contribution in [3.05, 3.63) is 60.7 Å². The number of carbonyl (C=O) groups is 6. The topological polar surface area (TPSA) is 240 Å². The van der Waals surface area contributed by atoms with E-state index in [4.69, 9.17) is 37.3 Å². The van der Waals surface area contributed by atoms with Gasteiger partial charge in [-0.1, -0.05) is 425 Å². The SMILES string of the molecule is CCCCCCCCCCCCCC(=O)O[C@H](CCCCCCCCCCC)CC(=O)O[C@H]1[C@H](OP(=O)(Oc2ccccc2)Oc2ccccc2)[C@@H](CO)O[C@@H](O)[C@]1(CN1CCCC1)N(C(=O)C[C@@H](CCCCCCCCCCC)OC(=O)CCCCCCCCCCCCC)C(=O)C[C@@H](CCCCCCCCCCC)OC(=O)CCCCCCCCCCCCC. The number of carbonyl (C=O) groups excluding carboxylic acids is 6. The van der Waals surface area contributed by atoms with Gasteiger partial charge in [-0.25, -0.2) is 4.57 Å². The average molecular weight is 1800 g/mol. The van der Waals surface area contributed by atoms with Crippen LogP contribution >= 0.6 is 7.82 Å². The lowest BCUT2D eigenvalue weighted by atomic mass is 9.79. The van der Waals surface area contributed by atoms with Crippen LogP contribution in [0.1, 0.15) is 497 Å². The molecule has 2 saturated heterocycles. The third kappa shape index (κ3) is 54.1. The smallest absolute Gasteiger partial charge is 0.462 e. The lowest BCUT2D eigenvalue weighted by Crippen LogP contribution is -2.79. The number of amides is 2. The molecule has 127 heavy (non-hydrogen) atoms. The zero-order valence-electron chi connectivity index (χ0n) is 81.7. The van der Waals surface area contributed by atoms with Crippen molar-refractivity contribution < 1.29 is 80.8 Å². The maximum Gasteiger partial charge on any atom is 0.588 e. The molecule has 2 aliphatic rings. The van der Waals surface area contributed by atoms with Gasteiger partial charge < -0.3 is 47.8 Å². The zero-order valence-corrected chi connectivity index (χ0v) is 82.6. The largest absolute Gasteiger partial charge is 0.588 e. The first-order valence-corrected chi connectivity index (χ1v) is 54.6. The number of ether oxygens (including phenoxy) is 5. The van der Waals surface area contributed by atoms with Crippen LogP contribution in [0.2, 0.25) is 0 Å². The summed E-state index contributed by atoms with van der Waals surface area (Å²) in [4.78, 5) is 96.9. The number of para-hydroxylation sites is 2. The van der Waals surface area contributed by atoms with E-state index in [9.17, 15) is 24.6 Å². The van der Waals surface area contributed by atoms with E-state index >= 15 is 18.9 Å². The van der Waals surface area contributed by atoms with E-state index in [1.807, 2.05) is 4.90 Å². The molecule has 0 radical (unpaired) electrons. The number of phosphoric ester groups is 1. The number of benzene rings is 2. The Balaban J connectivity index is 2.01. The summed E-state index contributed by atoms with van der Waals surface area (Å²) < 4.78 is 69.3. The number of aliphatic hydroxyl groups is 2. The van der Waals surface area contributed by atoms with Gasteiger partial charge in [-0.3, -0.25) is 38.2 Å². The van der Waals surface area contributed by atoms with E-state index in [0.717, 1.165) is 198 Å². The quantitative estimate of drug-likeness (QED) is 0.0271. The Morgan fingerprint density at radius 2 is 0.654 bits per heavy atom. The number of rotatable bonds is 86. The molecule has 2 aromatic carbocycles. The molecule has 2 fully saturated rings. The number of hydrogen-bond donors (Lipinski definition) is 2. The predicted molar refractivity (Wildman–Crippen MR) is 517 cm³/mol. The van der Waals surface area contributed by atoms with Crippen molar-refractivity contribution in [2.75, 3.05) is 26.2 Å². The third-order valence-corrected chi connectivity index (χ3v) is 27.4. The molecular formula is C107H187N2O17P. The molecule has 732 valence electrons. The second-order valence-electron chi connectivity index (χ2n) is 37.7. The first-order valence-electron chi connectivity index (χ1n) is 53.2. The fourth-order valence-electron chi connectivity index (χ4n) is 18.4. The van der Waals surface area contributed by atoms with Crippen LogP contribution in [0.5, 0.6) is 11.5 Å². The molecule has 0 saturated carbocycles. The van der Waals surface area contributed by atoms with Gasteiger partial charge in [0.15, 0.2) is 17.9 Å². The molecule has 19 nitrogen and oxygen atoms in total. The molecule has 20 heteroatoms. The number of nitrogens with zero attached hydrogens (tertiary/aromatic N) is 2. The normalized spacial score (nSPS) is 17.3. The molecule has 8 atom stereocenters. The lowest BCUT2D eigenvalue weighted by Gasteiger charge is -2.56. The van der Waals surface area contributed by atoms with Gasteiger partial charge in [0.2, 0.25) is 11.8 Å². The first-order chi connectivity index (χ1) is 62.1. The molecule has 0 bridgehead atoms. The van der Waals surface area contributed by atoms with Crippen molar-refractivity contribution in [1.82, 2.24) is 9.80 Å². The number of phosphoric acid groups is 1. The van der Waals surface area contributed by atoms with Gasteiger partial charge in [0.25, 0.3) is 0 Å². The van der Waals surface area contributed by atoms with Crippen LogP contribution in [-0.2, 0) is 61.5 Å². The number of unbranched alkanes of at least 4 members (excludes halogenated alkanes) is 54. The summed E-state index contributed by atoms with van der Waals surface area (Å²) in [6.45, 7) is 12.7. The third-order valence-electron chi connectivity index (χ3n) is 26.0. The molecule has 4 rings (SSSR count). The van der Waals surface area contributed by atoms with E-state index in [-0.39, 0.29) is 43.6 Å². The van der Waals surface area contributed by atoms with E-state index in [1.54, 1.807) is 60.7 Å². The van der Waals surface area contributed by atoms with Crippen LogP contribution in [0.15, 0.2) is 60.7 Å². The Labute approximate surface area is 774 Å². The second kappa shape index (κ2) is 76.5. The lowest BCUT2D eigenvalue weighted by molar-refractivity contribution is -0.305. The molecule has 0 aromatic heterocycles. The second-order valence-corrected chi connectivity index (χ2v) is 39.2. The summed E-state index contributed by atoms with van der Waals surface area (Å²) in [6, 6.07) is 16.4. The fourth-order valence-corrected chi connectivity index (χ4v) is 19.8. The number of esters is 4. The molecule has 0 unspecified atom stereocenters. The number of hydrogen-bond acceptors (Lipinski definition) is 18. The van der Waals surface area contributed by atoms with E-state index in [1.165, 1.54) is 154 Å². The first kappa shape index (κ1) is 114. The van der Waals surface area contributed by atoms with E-state index < -0.39 is 124 Å². The Morgan fingerprint density at radius 1 is 0.386 bits per heavy atom. The molecule has 2 heterocycles. The van der Waals surface area contributed by atoms with Crippen molar-refractivity contribution in [2.24, 2.45) is 0 Å². The van der Waals surface area contributed by atoms with Crippen LogP contribution in [0.25, 0.3) is 0 Å². The number of aliphatic hydroxyl groups excluding tert-OH is 2. The fraction of sp³-hybridized carbons (Fsp3) is 0.832. The molecule has 0 spiro atoms. The van der Waals surface area contributed by atoms with Crippen molar-refractivity contribution in [3.8, 4) is 11.5 Å². The Morgan fingerprint density at radius 3 is 0.937 bits per heavy atom. The highest BCUT2D eigenvalue weighted by atomic mass is 31.2. The molecule has 2 aliphatic heterocycles. The maximum atomic E-state index is 17.1. The predicted octanol–water partition coefficient (Wildman–Crippen LogP) is 29.2. The van der Waals surface area contributed by atoms with Crippen LogP contribution in [-0.4, -0.2) is 130 Å². The minimum atomic E-state index is -5.19. The van der Waals surface area contributed by atoms with Crippen LogP contribution in [0, 0.1) is 0 Å². The summed E-state index contributed by atoms with van der Waals surface area (Å²) in [5.41, 5.74) is -2.60. The highest BCUT2D eigenvalue weighted by Gasteiger charge is 2.66. The maximum absolute atomic E-state index is 17.1. The van der Waals surface area contributed by atoms with Crippen molar-refractivity contribution >= 4 is 43.5 Å². The summed E-state index contributed by atoms with van der Waals surface area (Å²) in [5, 5.41) is 25.8. The summed E-state index contributed by atoms with van der Waals surface area (Å²) in [6.07, 6.45) is 53.0. The zero-order chi connectivity index (χ0) is 91.6. The van der Waals surface area contributed by atoms with Crippen LogP contribution in [0.4, 0.5) is 0 Å². The van der Waals surface area contributed by atoms with Crippen LogP contribution < -0.4 is 9.05 Å². The Kier molecular flexibility index (Phi) is 68.9.